The maximum absolute atomic E-state index is 12.3. The van der Waals surface area contributed by atoms with Crippen molar-refractivity contribution >= 4 is 29.1 Å². The Bertz CT molecular complexity index is 566. The van der Waals surface area contributed by atoms with Crippen molar-refractivity contribution in [2.24, 2.45) is 0 Å². The normalized spacial score (nSPS) is 9.92. The Labute approximate surface area is 147 Å². The third-order valence-corrected chi connectivity index (χ3v) is 3.07. The average molecular weight is 353 g/mol. The first-order valence-electron chi connectivity index (χ1n) is 7.78. The van der Waals surface area contributed by atoms with Gasteiger partial charge < -0.3 is 9.47 Å². The quantitative estimate of drug-likeness (QED) is 0.373. The van der Waals surface area contributed by atoms with Crippen LogP contribution in [0, 0.1) is 0 Å². The molecule has 0 radical (unpaired) electrons. The second-order valence-electron chi connectivity index (χ2n) is 4.79. The second kappa shape index (κ2) is 11.4. The summed E-state index contributed by atoms with van der Waals surface area (Å²) in [5.74, 6) is -0.318. The summed E-state index contributed by atoms with van der Waals surface area (Å²) in [7, 11) is 0. The Hall–Kier alpha value is -2.19. The molecule has 1 rings (SSSR count). The molecule has 3 N–H and O–H groups in total. The average Bonchev–Trinajstić information content (AvgIpc) is 2.58. The number of thiocarbonyl (C=S) groups is 1. The third-order valence-electron chi connectivity index (χ3n) is 2.87. The maximum Gasteiger partial charge on any atom is 0.264 e. The predicted molar refractivity (Wildman–Crippen MR) is 94.7 cm³/mol. The molecule has 132 valence electrons. The number of rotatable bonds is 8. The molecule has 1 aromatic carbocycles. The van der Waals surface area contributed by atoms with Crippen LogP contribution in [0.3, 0.4) is 0 Å². The highest BCUT2D eigenvalue weighted by atomic mass is 32.1. The van der Waals surface area contributed by atoms with E-state index in [9.17, 15) is 9.59 Å². The molecule has 0 aliphatic heterocycles. The monoisotopic (exact) mass is 353 g/mol. The van der Waals surface area contributed by atoms with Gasteiger partial charge in [0.25, 0.3) is 11.8 Å². The van der Waals surface area contributed by atoms with Crippen LogP contribution in [0.4, 0.5) is 0 Å². The second-order valence-corrected chi connectivity index (χ2v) is 5.20. The van der Waals surface area contributed by atoms with Gasteiger partial charge in [-0.2, -0.15) is 0 Å². The zero-order chi connectivity index (χ0) is 17.8. The SMILES string of the molecule is CCCCOc1ccccc1C(=O)NC(=S)NNC(=O)COCC. The number of hydrogen-bond donors (Lipinski definition) is 3. The number of hydrogen-bond acceptors (Lipinski definition) is 5. The molecule has 0 aliphatic rings. The molecule has 0 aliphatic carbocycles. The van der Waals surface area contributed by atoms with E-state index in [0.29, 0.717) is 24.5 Å². The highest BCUT2D eigenvalue weighted by Gasteiger charge is 2.13. The Morgan fingerprint density at radius 2 is 1.92 bits per heavy atom. The standard InChI is InChI=1S/C16H23N3O4S/c1-3-5-10-23-13-9-7-6-8-12(13)15(21)17-16(24)19-18-14(20)11-22-4-2/h6-9H,3-5,10-11H2,1-2H3,(H,18,20)(H2,17,19,21,24). The summed E-state index contributed by atoms with van der Waals surface area (Å²) in [5, 5.41) is 2.46. The minimum Gasteiger partial charge on any atom is -0.493 e. The molecule has 0 spiro atoms. The van der Waals surface area contributed by atoms with Gasteiger partial charge in [0.1, 0.15) is 12.4 Å². The fourth-order valence-electron chi connectivity index (χ4n) is 1.67. The van der Waals surface area contributed by atoms with Crippen molar-refractivity contribution < 1.29 is 19.1 Å². The Kier molecular flexibility index (Phi) is 9.40. The highest BCUT2D eigenvalue weighted by Crippen LogP contribution is 2.18. The summed E-state index contributed by atoms with van der Waals surface area (Å²) in [5.41, 5.74) is 5.15. The van der Waals surface area contributed by atoms with Gasteiger partial charge in [0.05, 0.1) is 12.2 Å². The van der Waals surface area contributed by atoms with Crippen LogP contribution in [0.1, 0.15) is 37.0 Å². The summed E-state index contributed by atoms with van der Waals surface area (Å²) >= 11 is 4.97. The van der Waals surface area contributed by atoms with Gasteiger partial charge in [0, 0.05) is 6.61 Å². The summed E-state index contributed by atoms with van der Waals surface area (Å²) in [6.45, 7) is 4.73. The van der Waals surface area contributed by atoms with E-state index >= 15 is 0 Å². The molecule has 0 saturated heterocycles. The van der Waals surface area contributed by atoms with Gasteiger partial charge in [-0.05, 0) is 37.7 Å². The lowest BCUT2D eigenvalue weighted by atomic mass is 10.2. The molecule has 2 amide bonds. The number of ether oxygens (including phenoxy) is 2. The molecule has 0 aromatic heterocycles. The van der Waals surface area contributed by atoms with Crippen LogP contribution in [-0.2, 0) is 9.53 Å². The number of carbonyl (C=O) groups is 2. The third kappa shape index (κ3) is 7.38. The van der Waals surface area contributed by atoms with Crippen molar-refractivity contribution in [3.8, 4) is 5.75 Å². The fourth-order valence-corrected chi connectivity index (χ4v) is 1.81. The zero-order valence-electron chi connectivity index (χ0n) is 13.9. The Balaban J connectivity index is 2.52. The van der Waals surface area contributed by atoms with Crippen molar-refractivity contribution in [2.75, 3.05) is 19.8 Å². The van der Waals surface area contributed by atoms with Gasteiger partial charge in [-0.15, -0.1) is 0 Å². The van der Waals surface area contributed by atoms with Crippen LogP contribution in [0.5, 0.6) is 5.75 Å². The van der Waals surface area contributed by atoms with Crippen molar-refractivity contribution in [1.82, 2.24) is 16.2 Å². The first kappa shape index (κ1) is 19.9. The van der Waals surface area contributed by atoms with Gasteiger partial charge in [0.2, 0.25) is 0 Å². The summed E-state index contributed by atoms with van der Waals surface area (Å²) in [6.07, 6.45) is 1.91. The molecule has 0 heterocycles. The lowest BCUT2D eigenvalue weighted by Crippen LogP contribution is -2.49. The van der Waals surface area contributed by atoms with Crippen LogP contribution in [0.15, 0.2) is 24.3 Å². The minimum absolute atomic E-state index is 0.0202. The number of hydrazine groups is 1. The van der Waals surface area contributed by atoms with Crippen LogP contribution < -0.4 is 20.9 Å². The van der Waals surface area contributed by atoms with Gasteiger partial charge in [-0.3, -0.25) is 25.8 Å². The van der Waals surface area contributed by atoms with Crippen molar-refractivity contribution in [3.05, 3.63) is 29.8 Å². The molecule has 8 heteroatoms. The number of nitrogens with one attached hydrogen (secondary N) is 3. The molecule has 24 heavy (non-hydrogen) atoms. The van der Waals surface area contributed by atoms with Gasteiger partial charge in [0.15, 0.2) is 5.11 Å². The van der Waals surface area contributed by atoms with E-state index in [1.54, 1.807) is 31.2 Å². The molecule has 7 nitrogen and oxygen atoms in total. The summed E-state index contributed by atoms with van der Waals surface area (Å²) in [4.78, 5) is 23.6. The fraction of sp³-hybridized carbons (Fsp3) is 0.438. The molecule has 0 bridgehead atoms. The highest BCUT2D eigenvalue weighted by molar-refractivity contribution is 7.80. The Morgan fingerprint density at radius 1 is 1.17 bits per heavy atom. The smallest absolute Gasteiger partial charge is 0.264 e. The number of benzene rings is 1. The van der Waals surface area contributed by atoms with Crippen LogP contribution >= 0.6 is 12.2 Å². The minimum atomic E-state index is -0.418. The van der Waals surface area contributed by atoms with E-state index in [4.69, 9.17) is 21.7 Å². The largest absolute Gasteiger partial charge is 0.493 e. The molecule has 1 aromatic rings. The van der Waals surface area contributed by atoms with E-state index in [1.165, 1.54) is 0 Å². The molecule has 0 fully saturated rings. The molecule has 0 atom stereocenters. The van der Waals surface area contributed by atoms with Gasteiger partial charge in [-0.1, -0.05) is 25.5 Å². The number of para-hydroxylation sites is 1. The first-order chi connectivity index (χ1) is 11.6. The van der Waals surface area contributed by atoms with Crippen molar-refractivity contribution in [1.29, 1.82) is 0 Å². The topological polar surface area (TPSA) is 88.7 Å². The summed E-state index contributed by atoms with van der Waals surface area (Å²) in [6, 6.07) is 6.91. The molecule has 0 unspecified atom stereocenters. The molecule has 0 saturated carbocycles. The number of amides is 2. The number of unbranched alkanes of at least 4 members (excludes halogenated alkanes) is 1. The lowest BCUT2D eigenvalue weighted by Gasteiger charge is -2.13. The molecular weight excluding hydrogens is 330 g/mol. The lowest BCUT2D eigenvalue weighted by molar-refractivity contribution is -0.126. The van der Waals surface area contributed by atoms with Gasteiger partial charge in [-0.25, -0.2) is 0 Å². The maximum atomic E-state index is 12.3. The Morgan fingerprint density at radius 3 is 2.62 bits per heavy atom. The van der Waals surface area contributed by atoms with Crippen LogP contribution in [-0.4, -0.2) is 36.7 Å². The van der Waals surface area contributed by atoms with Crippen LogP contribution in [0.2, 0.25) is 0 Å². The van der Waals surface area contributed by atoms with E-state index in [-0.39, 0.29) is 11.7 Å². The van der Waals surface area contributed by atoms with Crippen molar-refractivity contribution in [2.45, 2.75) is 26.7 Å². The molecular formula is C16H23N3O4S. The van der Waals surface area contributed by atoms with Crippen LogP contribution in [0.25, 0.3) is 0 Å². The van der Waals surface area contributed by atoms with E-state index < -0.39 is 11.8 Å². The van der Waals surface area contributed by atoms with E-state index in [0.717, 1.165) is 12.8 Å². The van der Waals surface area contributed by atoms with E-state index in [2.05, 4.69) is 23.1 Å². The number of carbonyl (C=O) groups excluding carboxylic acids is 2. The summed E-state index contributed by atoms with van der Waals surface area (Å²) < 4.78 is 10.6. The predicted octanol–water partition coefficient (Wildman–Crippen LogP) is 1.54. The zero-order valence-corrected chi connectivity index (χ0v) is 14.7. The van der Waals surface area contributed by atoms with Gasteiger partial charge >= 0.3 is 0 Å². The van der Waals surface area contributed by atoms with Crippen molar-refractivity contribution in [3.63, 3.8) is 0 Å². The first-order valence-corrected chi connectivity index (χ1v) is 8.19. The van der Waals surface area contributed by atoms with E-state index in [1.807, 2.05) is 0 Å².